The minimum Gasteiger partial charge on any atom is -0.380 e. The quantitative estimate of drug-likeness (QED) is 0.563. The van der Waals surface area contributed by atoms with Crippen LogP contribution in [0.25, 0.3) is 0 Å². The standard InChI is InChI=1S/C19H21ClN4O3.ClH/c1-13-12-23(9-8-21-13)19(25)16-10-15(24(26)27)6-7-18(16)22-11-14-4-2-3-5-17(14)20;/h2-7,10,13,21-22H,8-9,11-12H2,1H3;1H/t13-;/m1./s1. The molecular formula is C19H22Cl2N4O3. The summed E-state index contributed by atoms with van der Waals surface area (Å²) in [7, 11) is 0. The zero-order valence-electron chi connectivity index (χ0n) is 15.4. The monoisotopic (exact) mass is 424 g/mol. The molecule has 1 atom stereocenters. The summed E-state index contributed by atoms with van der Waals surface area (Å²) >= 11 is 6.19. The molecule has 0 bridgehead atoms. The van der Waals surface area contributed by atoms with Crippen molar-refractivity contribution < 1.29 is 9.72 Å². The Morgan fingerprint density at radius 2 is 2.11 bits per heavy atom. The van der Waals surface area contributed by atoms with Crippen molar-refractivity contribution in [1.29, 1.82) is 0 Å². The summed E-state index contributed by atoms with van der Waals surface area (Å²) < 4.78 is 0. The molecule has 1 saturated heterocycles. The normalized spacial score (nSPS) is 16.2. The highest BCUT2D eigenvalue weighted by Gasteiger charge is 2.25. The minimum atomic E-state index is -0.491. The Labute approximate surface area is 174 Å². The van der Waals surface area contributed by atoms with Crippen LogP contribution in [-0.2, 0) is 6.54 Å². The second kappa shape index (κ2) is 9.73. The van der Waals surface area contributed by atoms with Gasteiger partial charge in [0, 0.05) is 55.1 Å². The number of amides is 1. The average molecular weight is 425 g/mol. The predicted octanol–water partition coefficient (Wildman–Crippen LogP) is 3.72. The van der Waals surface area contributed by atoms with Gasteiger partial charge in [-0.2, -0.15) is 0 Å². The Morgan fingerprint density at radius 3 is 2.79 bits per heavy atom. The van der Waals surface area contributed by atoms with E-state index in [4.69, 9.17) is 11.6 Å². The number of piperazine rings is 1. The molecule has 0 saturated carbocycles. The number of nitrogens with zero attached hydrogens (tertiary/aromatic N) is 2. The maximum absolute atomic E-state index is 13.0. The van der Waals surface area contributed by atoms with E-state index in [9.17, 15) is 14.9 Å². The molecule has 28 heavy (non-hydrogen) atoms. The number of non-ortho nitro benzene ring substituents is 1. The summed E-state index contributed by atoms with van der Waals surface area (Å²) in [6, 6.07) is 11.9. The van der Waals surface area contributed by atoms with Crippen LogP contribution < -0.4 is 10.6 Å². The molecular weight excluding hydrogens is 403 g/mol. The van der Waals surface area contributed by atoms with E-state index in [1.54, 1.807) is 17.0 Å². The fourth-order valence-electron chi connectivity index (χ4n) is 3.10. The van der Waals surface area contributed by atoms with Gasteiger partial charge in [0.2, 0.25) is 0 Å². The lowest BCUT2D eigenvalue weighted by Crippen LogP contribution is -2.51. The second-order valence-electron chi connectivity index (χ2n) is 6.54. The molecule has 1 aliphatic heterocycles. The van der Waals surface area contributed by atoms with Crippen molar-refractivity contribution in [2.24, 2.45) is 0 Å². The number of nitro benzene ring substituents is 1. The topological polar surface area (TPSA) is 87.5 Å². The van der Waals surface area contributed by atoms with Gasteiger partial charge in [-0.05, 0) is 24.6 Å². The van der Waals surface area contributed by atoms with Gasteiger partial charge in [0.15, 0.2) is 0 Å². The first kappa shape index (κ1) is 21.9. The van der Waals surface area contributed by atoms with E-state index < -0.39 is 4.92 Å². The number of carbonyl (C=O) groups excluding carboxylic acids is 1. The first-order valence-corrected chi connectivity index (χ1v) is 9.12. The van der Waals surface area contributed by atoms with Crippen LogP contribution in [0.4, 0.5) is 11.4 Å². The van der Waals surface area contributed by atoms with Gasteiger partial charge in [-0.3, -0.25) is 14.9 Å². The molecule has 0 radical (unpaired) electrons. The third-order valence-electron chi connectivity index (χ3n) is 4.53. The SMILES string of the molecule is C[C@@H]1CN(C(=O)c2cc([N+](=O)[O-])ccc2NCc2ccccc2Cl)CCN1.Cl. The van der Waals surface area contributed by atoms with Gasteiger partial charge < -0.3 is 15.5 Å². The Hall–Kier alpha value is -2.35. The number of hydrogen-bond acceptors (Lipinski definition) is 5. The van der Waals surface area contributed by atoms with E-state index in [0.717, 1.165) is 5.56 Å². The van der Waals surface area contributed by atoms with Crippen molar-refractivity contribution in [3.8, 4) is 0 Å². The van der Waals surface area contributed by atoms with Gasteiger partial charge in [-0.15, -0.1) is 12.4 Å². The highest BCUT2D eigenvalue weighted by atomic mass is 35.5. The smallest absolute Gasteiger partial charge is 0.270 e. The zero-order valence-corrected chi connectivity index (χ0v) is 16.9. The molecule has 2 aromatic carbocycles. The van der Waals surface area contributed by atoms with Gasteiger partial charge in [0.1, 0.15) is 0 Å². The fourth-order valence-corrected chi connectivity index (χ4v) is 3.30. The van der Waals surface area contributed by atoms with Crippen molar-refractivity contribution in [2.75, 3.05) is 25.0 Å². The van der Waals surface area contributed by atoms with Crippen LogP contribution in [-0.4, -0.2) is 41.4 Å². The molecule has 0 spiro atoms. The van der Waals surface area contributed by atoms with Crippen LogP contribution in [0.1, 0.15) is 22.8 Å². The van der Waals surface area contributed by atoms with Crippen molar-refractivity contribution in [3.63, 3.8) is 0 Å². The Morgan fingerprint density at radius 1 is 1.36 bits per heavy atom. The largest absolute Gasteiger partial charge is 0.380 e. The third kappa shape index (κ3) is 5.13. The number of nitro groups is 1. The van der Waals surface area contributed by atoms with Gasteiger partial charge >= 0.3 is 0 Å². The third-order valence-corrected chi connectivity index (χ3v) is 4.90. The van der Waals surface area contributed by atoms with Crippen LogP contribution in [0.5, 0.6) is 0 Å². The molecule has 0 unspecified atom stereocenters. The molecule has 150 valence electrons. The first-order valence-electron chi connectivity index (χ1n) is 8.74. The van der Waals surface area contributed by atoms with E-state index in [-0.39, 0.29) is 30.0 Å². The number of halogens is 2. The van der Waals surface area contributed by atoms with Crippen LogP contribution in [0.2, 0.25) is 5.02 Å². The van der Waals surface area contributed by atoms with Crippen molar-refractivity contribution >= 4 is 41.3 Å². The molecule has 3 rings (SSSR count). The fraction of sp³-hybridized carbons (Fsp3) is 0.316. The predicted molar refractivity (Wildman–Crippen MR) is 112 cm³/mol. The minimum absolute atomic E-state index is 0. The molecule has 0 aliphatic carbocycles. The van der Waals surface area contributed by atoms with Gasteiger partial charge in [-0.25, -0.2) is 0 Å². The van der Waals surface area contributed by atoms with Crippen LogP contribution >= 0.6 is 24.0 Å². The van der Waals surface area contributed by atoms with Crippen LogP contribution in [0, 0.1) is 10.1 Å². The maximum atomic E-state index is 13.0. The van der Waals surface area contributed by atoms with Gasteiger partial charge in [0.05, 0.1) is 10.5 Å². The summed E-state index contributed by atoms with van der Waals surface area (Å²) in [6.07, 6.45) is 0. The molecule has 1 fully saturated rings. The summed E-state index contributed by atoms with van der Waals surface area (Å²) in [4.78, 5) is 25.4. The van der Waals surface area contributed by atoms with E-state index in [1.807, 2.05) is 25.1 Å². The number of hydrogen-bond donors (Lipinski definition) is 2. The highest BCUT2D eigenvalue weighted by Crippen LogP contribution is 2.25. The lowest BCUT2D eigenvalue weighted by Gasteiger charge is -2.32. The molecule has 0 aromatic heterocycles. The molecule has 9 heteroatoms. The first-order chi connectivity index (χ1) is 13.0. The Bertz CT molecular complexity index is 863. The summed E-state index contributed by atoms with van der Waals surface area (Å²) in [5, 5.41) is 18.3. The van der Waals surface area contributed by atoms with E-state index >= 15 is 0 Å². The lowest BCUT2D eigenvalue weighted by atomic mass is 10.1. The molecule has 1 amide bonds. The van der Waals surface area contributed by atoms with Gasteiger partial charge in [-0.1, -0.05) is 29.8 Å². The summed E-state index contributed by atoms with van der Waals surface area (Å²) in [5.74, 6) is -0.214. The maximum Gasteiger partial charge on any atom is 0.270 e. The van der Waals surface area contributed by atoms with E-state index in [0.29, 0.717) is 42.5 Å². The Kier molecular flexibility index (Phi) is 7.62. The number of benzene rings is 2. The molecule has 2 N–H and O–H groups in total. The second-order valence-corrected chi connectivity index (χ2v) is 6.95. The van der Waals surface area contributed by atoms with E-state index in [2.05, 4.69) is 10.6 Å². The van der Waals surface area contributed by atoms with Gasteiger partial charge in [0.25, 0.3) is 11.6 Å². The number of nitrogens with one attached hydrogen (secondary N) is 2. The molecule has 2 aromatic rings. The van der Waals surface area contributed by atoms with Crippen molar-refractivity contribution in [3.05, 3.63) is 68.7 Å². The molecule has 7 nitrogen and oxygen atoms in total. The zero-order chi connectivity index (χ0) is 19.4. The van der Waals surface area contributed by atoms with Crippen LogP contribution in [0.15, 0.2) is 42.5 Å². The number of rotatable bonds is 5. The lowest BCUT2D eigenvalue weighted by molar-refractivity contribution is -0.384. The number of carbonyl (C=O) groups is 1. The molecule has 1 heterocycles. The van der Waals surface area contributed by atoms with Crippen molar-refractivity contribution in [2.45, 2.75) is 19.5 Å². The average Bonchev–Trinajstić information content (AvgIpc) is 2.66. The highest BCUT2D eigenvalue weighted by molar-refractivity contribution is 6.31. The summed E-state index contributed by atoms with van der Waals surface area (Å²) in [5.41, 5.74) is 1.62. The molecule has 1 aliphatic rings. The summed E-state index contributed by atoms with van der Waals surface area (Å²) in [6.45, 7) is 4.24. The Balaban J connectivity index is 0.00000280. The van der Waals surface area contributed by atoms with E-state index in [1.165, 1.54) is 12.1 Å². The van der Waals surface area contributed by atoms with Crippen LogP contribution in [0.3, 0.4) is 0 Å². The van der Waals surface area contributed by atoms with Crippen molar-refractivity contribution in [1.82, 2.24) is 10.2 Å². The number of anilines is 1.